The number of fused-ring (bicyclic) bond motifs is 1. The highest BCUT2D eigenvalue weighted by atomic mass is 32.2. The van der Waals surface area contributed by atoms with E-state index in [4.69, 9.17) is 9.47 Å². The number of amidine groups is 1. The van der Waals surface area contributed by atoms with Crippen LogP contribution in [0.25, 0.3) is 6.08 Å². The maximum Gasteiger partial charge on any atom is 0.283 e. The van der Waals surface area contributed by atoms with E-state index in [-0.39, 0.29) is 30.1 Å². The van der Waals surface area contributed by atoms with Gasteiger partial charge in [-0.25, -0.2) is 4.99 Å². The van der Waals surface area contributed by atoms with Crippen LogP contribution in [0.5, 0.6) is 11.5 Å². The van der Waals surface area contributed by atoms with Gasteiger partial charge in [-0.2, -0.15) is 0 Å². The van der Waals surface area contributed by atoms with Gasteiger partial charge in [0.05, 0.1) is 11.4 Å². The van der Waals surface area contributed by atoms with E-state index in [2.05, 4.69) is 4.99 Å². The van der Waals surface area contributed by atoms with E-state index in [9.17, 15) is 9.59 Å². The number of carbonyl (C=O) groups is 2. The highest BCUT2D eigenvalue weighted by Gasteiger charge is 2.32. The second-order valence-electron chi connectivity index (χ2n) is 8.09. The van der Waals surface area contributed by atoms with Gasteiger partial charge in [-0.3, -0.25) is 14.5 Å². The summed E-state index contributed by atoms with van der Waals surface area (Å²) in [7, 11) is 1.74. The molecule has 8 heteroatoms. The van der Waals surface area contributed by atoms with Crippen molar-refractivity contribution in [2.75, 3.05) is 29.4 Å². The molecule has 176 valence electrons. The lowest BCUT2D eigenvalue weighted by atomic mass is 10.1. The lowest BCUT2D eigenvalue weighted by Crippen LogP contribution is -2.33. The molecule has 2 heterocycles. The molecular formula is C27H23N3O4S. The molecule has 0 N–H and O–H groups in total. The Morgan fingerprint density at radius 3 is 2.57 bits per heavy atom. The average molecular weight is 486 g/mol. The molecule has 3 aromatic rings. The maximum absolute atomic E-state index is 13.4. The van der Waals surface area contributed by atoms with Crippen LogP contribution in [0, 0.1) is 6.92 Å². The number of aryl methyl sites for hydroxylation is 1. The molecule has 0 aliphatic carbocycles. The summed E-state index contributed by atoms with van der Waals surface area (Å²) in [6.45, 7) is 2.17. The minimum atomic E-state index is -0.252. The molecule has 2 amide bonds. The highest BCUT2D eigenvalue weighted by Crippen LogP contribution is 2.34. The van der Waals surface area contributed by atoms with Crippen LogP contribution in [-0.2, 0) is 9.59 Å². The summed E-state index contributed by atoms with van der Waals surface area (Å²) in [5, 5.41) is 0.459. The molecule has 5 rings (SSSR count). The molecule has 0 radical (unpaired) electrons. The number of carbonyl (C=O) groups excluding carboxylic acids is 2. The molecule has 0 saturated carbocycles. The molecule has 0 atom stereocenters. The van der Waals surface area contributed by atoms with E-state index < -0.39 is 0 Å². The number of para-hydroxylation sites is 1. The van der Waals surface area contributed by atoms with Crippen molar-refractivity contribution in [2.24, 2.45) is 4.99 Å². The summed E-state index contributed by atoms with van der Waals surface area (Å²) in [6, 6.07) is 22.6. The van der Waals surface area contributed by atoms with E-state index in [1.54, 1.807) is 22.9 Å². The Balaban J connectivity index is 1.41. The third kappa shape index (κ3) is 4.79. The second kappa shape index (κ2) is 9.68. The zero-order valence-electron chi connectivity index (χ0n) is 19.3. The third-order valence-electron chi connectivity index (χ3n) is 5.66. The molecule has 2 aliphatic rings. The van der Waals surface area contributed by atoms with Gasteiger partial charge in [0.15, 0.2) is 16.7 Å². The van der Waals surface area contributed by atoms with Gasteiger partial charge in [0.2, 0.25) is 12.7 Å². The largest absolute Gasteiger partial charge is 0.454 e. The van der Waals surface area contributed by atoms with Gasteiger partial charge in [-0.15, -0.1) is 0 Å². The predicted octanol–water partition coefficient (Wildman–Crippen LogP) is 4.86. The van der Waals surface area contributed by atoms with E-state index in [1.165, 1.54) is 11.8 Å². The quantitative estimate of drug-likeness (QED) is 0.483. The summed E-state index contributed by atoms with van der Waals surface area (Å²) in [5.74, 6) is 1.10. The zero-order valence-corrected chi connectivity index (χ0v) is 20.1. The van der Waals surface area contributed by atoms with Crippen LogP contribution in [0.15, 0.2) is 83.5 Å². The van der Waals surface area contributed by atoms with E-state index >= 15 is 0 Å². The number of hydrogen-bond donors (Lipinski definition) is 0. The van der Waals surface area contributed by atoms with Crippen LogP contribution in [0.3, 0.4) is 0 Å². The van der Waals surface area contributed by atoms with E-state index in [0.29, 0.717) is 22.4 Å². The first kappa shape index (κ1) is 22.7. The first-order chi connectivity index (χ1) is 17.0. The number of anilines is 2. The normalized spacial score (nSPS) is 15.5. The van der Waals surface area contributed by atoms with Crippen molar-refractivity contribution >= 4 is 46.2 Å². The first-order valence-electron chi connectivity index (χ1n) is 11.1. The van der Waals surface area contributed by atoms with Crippen LogP contribution in [0.2, 0.25) is 0 Å². The van der Waals surface area contributed by atoms with Gasteiger partial charge in [-0.05, 0) is 55.0 Å². The standard InChI is InChI=1S/C27H23N3O4S/c1-18-8-11-21(12-9-18)30-26(32)22(14-19-10-13-23-24(15-19)34-17-33-23)28-27(30)35-16-25(31)29(2)20-6-4-3-5-7-20/h3-15H,16-17H2,1-2H3/b22-14-. The van der Waals surface area contributed by atoms with Crippen LogP contribution in [0.4, 0.5) is 11.4 Å². The van der Waals surface area contributed by atoms with Crippen molar-refractivity contribution in [1.29, 1.82) is 0 Å². The molecule has 35 heavy (non-hydrogen) atoms. The second-order valence-corrected chi connectivity index (χ2v) is 9.03. The van der Waals surface area contributed by atoms with Crippen LogP contribution in [-0.4, -0.2) is 36.6 Å². The van der Waals surface area contributed by atoms with Crippen molar-refractivity contribution < 1.29 is 19.1 Å². The van der Waals surface area contributed by atoms with Crippen molar-refractivity contribution in [1.82, 2.24) is 0 Å². The number of aliphatic imine (C=N–C) groups is 1. The van der Waals surface area contributed by atoms with Crippen molar-refractivity contribution in [3.05, 3.63) is 89.6 Å². The SMILES string of the molecule is Cc1ccc(N2C(=O)/C(=C/c3ccc4c(c3)OCO4)N=C2SCC(=O)N(C)c2ccccc2)cc1. The number of nitrogens with zero attached hydrogens (tertiary/aromatic N) is 3. The van der Waals surface area contributed by atoms with Gasteiger partial charge in [0.1, 0.15) is 5.70 Å². The van der Waals surface area contributed by atoms with Crippen LogP contribution in [0.1, 0.15) is 11.1 Å². The van der Waals surface area contributed by atoms with E-state index in [0.717, 1.165) is 16.8 Å². The van der Waals surface area contributed by atoms with Gasteiger partial charge in [0, 0.05) is 12.7 Å². The molecule has 0 bridgehead atoms. The summed E-state index contributed by atoms with van der Waals surface area (Å²) in [4.78, 5) is 34.0. The fraction of sp³-hybridized carbons (Fsp3) is 0.148. The molecule has 0 spiro atoms. The smallest absolute Gasteiger partial charge is 0.283 e. The van der Waals surface area contributed by atoms with Gasteiger partial charge in [0.25, 0.3) is 5.91 Å². The Hall–Kier alpha value is -4.04. The predicted molar refractivity (Wildman–Crippen MR) is 139 cm³/mol. The third-order valence-corrected chi connectivity index (χ3v) is 6.59. The molecule has 7 nitrogen and oxygen atoms in total. The fourth-order valence-corrected chi connectivity index (χ4v) is 4.62. The number of thioether (sulfide) groups is 1. The number of hydrogen-bond acceptors (Lipinski definition) is 6. The monoisotopic (exact) mass is 485 g/mol. The Labute approximate surface area is 207 Å². The average Bonchev–Trinajstić information content (AvgIpc) is 3.47. The van der Waals surface area contributed by atoms with Crippen molar-refractivity contribution in [3.63, 3.8) is 0 Å². The van der Waals surface area contributed by atoms with Gasteiger partial charge < -0.3 is 14.4 Å². The minimum absolute atomic E-state index is 0.0894. The molecular weight excluding hydrogens is 462 g/mol. The lowest BCUT2D eigenvalue weighted by molar-refractivity contribution is -0.116. The molecule has 2 aliphatic heterocycles. The van der Waals surface area contributed by atoms with Gasteiger partial charge in [-0.1, -0.05) is 53.7 Å². The maximum atomic E-state index is 13.4. The number of benzene rings is 3. The zero-order chi connectivity index (χ0) is 24.4. The fourth-order valence-electron chi connectivity index (χ4n) is 3.69. The number of rotatable bonds is 5. The van der Waals surface area contributed by atoms with Crippen molar-refractivity contribution in [2.45, 2.75) is 6.92 Å². The Bertz CT molecular complexity index is 1340. The summed E-state index contributed by atoms with van der Waals surface area (Å²) < 4.78 is 10.8. The number of ether oxygens (including phenoxy) is 2. The highest BCUT2D eigenvalue weighted by molar-refractivity contribution is 8.14. The topological polar surface area (TPSA) is 71.4 Å². The van der Waals surface area contributed by atoms with Crippen LogP contribution < -0.4 is 19.3 Å². The summed E-state index contributed by atoms with van der Waals surface area (Å²) in [5.41, 5.74) is 3.65. The molecule has 0 saturated heterocycles. The lowest BCUT2D eigenvalue weighted by Gasteiger charge is -2.20. The van der Waals surface area contributed by atoms with Gasteiger partial charge >= 0.3 is 0 Å². The molecule has 0 aromatic heterocycles. The van der Waals surface area contributed by atoms with Crippen molar-refractivity contribution in [3.8, 4) is 11.5 Å². The molecule has 0 unspecified atom stereocenters. The minimum Gasteiger partial charge on any atom is -0.454 e. The Morgan fingerprint density at radius 1 is 1.06 bits per heavy atom. The summed E-state index contributed by atoms with van der Waals surface area (Å²) in [6.07, 6.45) is 1.72. The summed E-state index contributed by atoms with van der Waals surface area (Å²) >= 11 is 1.24. The van der Waals surface area contributed by atoms with E-state index in [1.807, 2.05) is 79.7 Å². The molecule has 3 aromatic carbocycles. The van der Waals surface area contributed by atoms with Crippen LogP contribution >= 0.6 is 11.8 Å². The molecule has 0 fully saturated rings. The first-order valence-corrected chi connectivity index (χ1v) is 12.0. The Kier molecular flexibility index (Phi) is 6.29. The number of amides is 2. The Morgan fingerprint density at radius 2 is 1.80 bits per heavy atom.